The predicted octanol–water partition coefficient (Wildman–Crippen LogP) is 0.854. The Labute approximate surface area is 100 Å². The van der Waals surface area contributed by atoms with Crippen LogP contribution in [0.1, 0.15) is 36.0 Å². The van der Waals surface area contributed by atoms with E-state index in [9.17, 15) is 4.79 Å². The third-order valence-corrected chi connectivity index (χ3v) is 3.17. The Balaban J connectivity index is 2.12. The Kier molecular flexibility index (Phi) is 4.03. The zero-order chi connectivity index (χ0) is 12.1. The first kappa shape index (κ1) is 12.0. The van der Waals surface area contributed by atoms with Crippen LogP contribution >= 0.6 is 0 Å². The van der Waals surface area contributed by atoms with Gasteiger partial charge in [-0.05, 0) is 12.8 Å². The summed E-state index contributed by atoms with van der Waals surface area (Å²) in [6.45, 7) is 0.383. The zero-order valence-electron chi connectivity index (χ0n) is 9.75. The molecule has 92 valence electrons. The first-order chi connectivity index (χ1) is 8.33. The van der Waals surface area contributed by atoms with Gasteiger partial charge in [0, 0.05) is 25.0 Å². The van der Waals surface area contributed by atoms with Crippen molar-refractivity contribution in [2.24, 2.45) is 0 Å². The number of aliphatic hydroxyl groups excluding tert-OH is 1. The van der Waals surface area contributed by atoms with E-state index < -0.39 is 0 Å². The molecule has 0 unspecified atom stereocenters. The summed E-state index contributed by atoms with van der Waals surface area (Å²) in [5.74, 6) is -0.0773. The maximum Gasteiger partial charge on any atom is 0.257 e. The minimum atomic E-state index is -0.0773. The average molecular weight is 235 g/mol. The number of rotatable bonds is 4. The fourth-order valence-corrected chi connectivity index (χ4v) is 2.35. The van der Waals surface area contributed by atoms with Crippen molar-refractivity contribution >= 4 is 5.91 Å². The molecule has 1 heterocycles. The highest BCUT2D eigenvalue weighted by Gasteiger charge is 2.27. The minimum Gasteiger partial charge on any atom is -0.395 e. The molecule has 17 heavy (non-hydrogen) atoms. The molecule has 1 amide bonds. The second-order valence-corrected chi connectivity index (χ2v) is 4.29. The largest absolute Gasteiger partial charge is 0.395 e. The van der Waals surface area contributed by atoms with E-state index in [1.54, 1.807) is 4.90 Å². The van der Waals surface area contributed by atoms with Crippen LogP contribution in [0.25, 0.3) is 0 Å². The molecule has 0 bridgehead atoms. The molecule has 5 heteroatoms. The number of amides is 1. The average Bonchev–Trinajstić information content (AvgIpc) is 2.90. The van der Waals surface area contributed by atoms with Crippen LogP contribution in [0.15, 0.2) is 18.7 Å². The fraction of sp³-hybridized carbons (Fsp3) is 0.583. The number of nitrogens with zero attached hydrogens (tertiary/aromatic N) is 3. The van der Waals surface area contributed by atoms with E-state index >= 15 is 0 Å². The Morgan fingerprint density at radius 1 is 1.35 bits per heavy atom. The van der Waals surface area contributed by atoms with E-state index in [0.29, 0.717) is 12.1 Å². The first-order valence-corrected chi connectivity index (χ1v) is 6.00. The number of hydrogen-bond acceptors (Lipinski definition) is 4. The van der Waals surface area contributed by atoms with Gasteiger partial charge in [0.1, 0.15) is 6.33 Å². The minimum absolute atomic E-state index is 0.00404. The normalized spacial score (nSPS) is 16.1. The monoisotopic (exact) mass is 235 g/mol. The van der Waals surface area contributed by atoms with Crippen molar-refractivity contribution in [2.45, 2.75) is 31.7 Å². The zero-order valence-corrected chi connectivity index (χ0v) is 9.75. The van der Waals surface area contributed by atoms with E-state index in [1.165, 1.54) is 18.7 Å². The molecule has 0 aliphatic heterocycles. The lowest BCUT2D eigenvalue weighted by molar-refractivity contribution is 0.0637. The van der Waals surface area contributed by atoms with Crippen LogP contribution in [0.2, 0.25) is 0 Å². The molecule has 0 spiro atoms. The summed E-state index contributed by atoms with van der Waals surface area (Å²) in [6, 6.07) is 0.259. The van der Waals surface area contributed by atoms with E-state index in [-0.39, 0.29) is 18.6 Å². The quantitative estimate of drug-likeness (QED) is 0.840. The topological polar surface area (TPSA) is 66.3 Å². The number of carbonyl (C=O) groups is 1. The molecule has 0 atom stereocenters. The highest BCUT2D eigenvalue weighted by Crippen LogP contribution is 2.24. The maximum atomic E-state index is 12.3. The molecule has 1 aromatic heterocycles. The van der Waals surface area contributed by atoms with Crippen molar-refractivity contribution in [3.05, 3.63) is 24.3 Å². The molecule has 1 aliphatic rings. The van der Waals surface area contributed by atoms with Crippen molar-refractivity contribution in [3.8, 4) is 0 Å². The smallest absolute Gasteiger partial charge is 0.257 e. The molecular formula is C12H17N3O2. The Bertz CT molecular complexity index is 363. The summed E-state index contributed by atoms with van der Waals surface area (Å²) >= 11 is 0. The van der Waals surface area contributed by atoms with Gasteiger partial charge in [-0.1, -0.05) is 12.8 Å². The van der Waals surface area contributed by atoms with Gasteiger partial charge in [-0.25, -0.2) is 9.97 Å². The molecule has 0 radical (unpaired) electrons. The van der Waals surface area contributed by atoms with Crippen LogP contribution in [0.3, 0.4) is 0 Å². The van der Waals surface area contributed by atoms with Gasteiger partial charge in [0.2, 0.25) is 0 Å². The van der Waals surface area contributed by atoms with Gasteiger partial charge in [0.25, 0.3) is 5.91 Å². The van der Waals surface area contributed by atoms with E-state index in [0.717, 1.165) is 25.7 Å². The Morgan fingerprint density at radius 2 is 2.00 bits per heavy atom. The molecule has 1 N–H and O–H groups in total. The summed E-state index contributed by atoms with van der Waals surface area (Å²) < 4.78 is 0. The summed E-state index contributed by atoms with van der Waals surface area (Å²) in [6.07, 6.45) is 8.82. The van der Waals surface area contributed by atoms with Gasteiger partial charge in [-0.2, -0.15) is 0 Å². The number of hydrogen-bond donors (Lipinski definition) is 1. The lowest BCUT2D eigenvalue weighted by Gasteiger charge is -2.28. The second kappa shape index (κ2) is 5.72. The number of carbonyl (C=O) groups excluding carboxylic acids is 1. The highest BCUT2D eigenvalue weighted by atomic mass is 16.3. The molecule has 0 saturated heterocycles. The van der Waals surface area contributed by atoms with Crippen LogP contribution in [-0.4, -0.2) is 45.1 Å². The van der Waals surface area contributed by atoms with Crippen molar-refractivity contribution in [1.82, 2.24) is 14.9 Å². The van der Waals surface area contributed by atoms with Gasteiger partial charge in [-0.15, -0.1) is 0 Å². The van der Waals surface area contributed by atoms with Crippen LogP contribution in [0.4, 0.5) is 0 Å². The molecule has 1 aliphatic carbocycles. The first-order valence-electron chi connectivity index (χ1n) is 6.00. The summed E-state index contributed by atoms with van der Waals surface area (Å²) in [7, 11) is 0. The van der Waals surface area contributed by atoms with Gasteiger partial charge < -0.3 is 10.0 Å². The van der Waals surface area contributed by atoms with E-state index in [4.69, 9.17) is 5.11 Å². The third-order valence-electron chi connectivity index (χ3n) is 3.17. The van der Waals surface area contributed by atoms with E-state index in [2.05, 4.69) is 9.97 Å². The van der Waals surface area contributed by atoms with E-state index in [1.807, 2.05) is 0 Å². The van der Waals surface area contributed by atoms with Crippen molar-refractivity contribution in [1.29, 1.82) is 0 Å². The molecule has 1 saturated carbocycles. The van der Waals surface area contributed by atoms with Gasteiger partial charge in [0.15, 0.2) is 0 Å². The van der Waals surface area contributed by atoms with Gasteiger partial charge in [-0.3, -0.25) is 4.79 Å². The van der Waals surface area contributed by atoms with Crippen molar-refractivity contribution in [3.63, 3.8) is 0 Å². The second-order valence-electron chi connectivity index (χ2n) is 4.29. The summed E-state index contributed by atoms with van der Waals surface area (Å²) in [5, 5.41) is 9.07. The van der Waals surface area contributed by atoms with Crippen LogP contribution in [0.5, 0.6) is 0 Å². The third kappa shape index (κ3) is 2.79. The molecule has 5 nitrogen and oxygen atoms in total. The van der Waals surface area contributed by atoms with Crippen LogP contribution in [-0.2, 0) is 0 Å². The number of aromatic nitrogens is 2. The van der Waals surface area contributed by atoms with Crippen molar-refractivity contribution in [2.75, 3.05) is 13.2 Å². The van der Waals surface area contributed by atoms with Crippen LogP contribution < -0.4 is 0 Å². The summed E-state index contributed by atoms with van der Waals surface area (Å²) in [5.41, 5.74) is 0.493. The predicted molar refractivity (Wildman–Crippen MR) is 62.4 cm³/mol. The van der Waals surface area contributed by atoms with Crippen molar-refractivity contribution < 1.29 is 9.90 Å². The molecule has 1 fully saturated rings. The SMILES string of the molecule is O=C(c1cncnc1)N(CCO)C1CCCC1. The van der Waals surface area contributed by atoms with Gasteiger partial charge in [0.05, 0.1) is 12.2 Å². The number of aliphatic hydroxyl groups is 1. The standard InChI is InChI=1S/C12H17N3O2/c16-6-5-15(11-3-1-2-4-11)12(17)10-7-13-9-14-8-10/h7-9,11,16H,1-6H2. The lowest BCUT2D eigenvalue weighted by atomic mass is 10.2. The van der Waals surface area contributed by atoms with Crippen LogP contribution in [0, 0.1) is 0 Å². The molecular weight excluding hydrogens is 218 g/mol. The highest BCUT2D eigenvalue weighted by molar-refractivity contribution is 5.93. The molecule has 0 aromatic carbocycles. The molecule has 1 aromatic rings. The summed E-state index contributed by atoms with van der Waals surface area (Å²) in [4.78, 5) is 21.7. The maximum absolute atomic E-state index is 12.3. The Morgan fingerprint density at radius 3 is 2.59 bits per heavy atom. The molecule has 2 rings (SSSR count). The fourth-order valence-electron chi connectivity index (χ4n) is 2.35. The Hall–Kier alpha value is -1.49. The van der Waals surface area contributed by atoms with Gasteiger partial charge >= 0.3 is 0 Å². The lowest BCUT2D eigenvalue weighted by Crippen LogP contribution is -2.40.